The van der Waals surface area contributed by atoms with E-state index in [2.05, 4.69) is 74.3 Å². The van der Waals surface area contributed by atoms with Crippen molar-refractivity contribution in [1.82, 2.24) is 0 Å². The summed E-state index contributed by atoms with van der Waals surface area (Å²) in [6.45, 7) is 10.3. The second-order valence-electron chi connectivity index (χ2n) is 10.4. The number of anilines is 2. The molecule has 2 aliphatic rings. The minimum atomic E-state index is -1.02. The summed E-state index contributed by atoms with van der Waals surface area (Å²) in [6.07, 6.45) is 0. The van der Waals surface area contributed by atoms with Crippen LogP contribution < -0.4 is 15.0 Å². The van der Waals surface area contributed by atoms with Crippen LogP contribution in [0.1, 0.15) is 52.0 Å². The molecule has 0 amide bonds. The van der Waals surface area contributed by atoms with E-state index >= 15 is 0 Å². The maximum atomic E-state index is 13.0. The Kier molecular flexibility index (Phi) is 5.87. The molecule has 5 nitrogen and oxygen atoms in total. The number of carbonyl (C=O) groups is 1. The molecule has 0 saturated heterocycles. The minimum Gasteiger partial charge on any atom is -0.456 e. The fourth-order valence-electron chi connectivity index (χ4n) is 5.80. The summed E-state index contributed by atoms with van der Waals surface area (Å²) in [6, 6.07) is 28.5. The van der Waals surface area contributed by atoms with Crippen LogP contribution in [0.4, 0.5) is 11.4 Å². The van der Waals surface area contributed by atoms with Gasteiger partial charge in [-0.05, 0) is 63.6 Å². The smallest absolute Gasteiger partial charge is 0.340 e. The van der Waals surface area contributed by atoms with E-state index in [-0.39, 0.29) is 12.0 Å². The van der Waals surface area contributed by atoms with Crippen molar-refractivity contribution in [2.75, 3.05) is 23.3 Å². The first-order valence-electron chi connectivity index (χ1n) is 13.2. The van der Waals surface area contributed by atoms with Gasteiger partial charge in [-0.2, -0.15) is 0 Å². The lowest BCUT2D eigenvalue weighted by Gasteiger charge is -2.37. The van der Waals surface area contributed by atoms with E-state index in [1.807, 2.05) is 48.5 Å². The largest absolute Gasteiger partial charge is 0.456 e. The molecule has 1 N–H and O–H groups in total. The molecule has 38 heavy (non-hydrogen) atoms. The van der Waals surface area contributed by atoms with Crippen LogP contribution in [-0.2, 0) is 10.3 Å². The van der Waals surface area contributed by atoms with Crippen molar-refractivity contribution in [2.24, 2.45) is 0 Å². The summed E-state index contributed by atoms with van der Waals surface area (Å²) in [7, 11) is 0. The van der Waals surface area contributed by atoms with Crippen LogP contribution in [0.2, 0.25) is 0 Å². The van der Waals surface area contributed by atoms with Gasteiger partial charge in [-0.25, -0.2) is 4.79 Å². The number of esters is 1. The van der Waals surface area contributed by atoms with E-state index in [1.54, 1.807) is 0 Å². The van der Waals surface area contributed by atoms with Gasteiger partial charge in [-0.15, -0.1) is 0 Å². The molecule has 192 valence electrons. The molecule has 0 radical (unpaired) electrons. The van der Waals surface area contributed by atoms with Crippen molar-refractivity contribution in [3.05, 3.63) is 118 Å². The maximum absolute atomic E-state index is 13.0. The van der Waals surface area contributed by atoms with Crippen LogP contribution in [0, 0.1) is 13.8 Å². The molecule has 0 bridgehead atoms. The number of nitrogens with one attached hydrogen (secondary N) is 1. The van der Waals surface area contributed by atoms with Crippen molar-refractivity contribution in [3.63, 3.8) is 0 Å². The monoisotopic (exact) mass is 504 g/mol. The number of ether oxygens (including phenoxy) is 2. The number of rotatable bonds is 6. The van der Waals surface area contributed by atoms with Gasteiger partial charge in [0.05, 0.1) is 5.56 Å². The Morgan fingerprint density at radius 3 is 2.37 bits per heavy atom. The summed E-state index contributed by atoms with van der Waals surface area (Å²) in [5.41, 5.74) is 6.85. The molecule has 6 rings (SSSR count). The lowest BCUT2D eigenvalue weighted by molar-refractivity contribution is 0.0224. The van der Waals surface area contributed by atoms with Crippen LogP contribution in [0.3, 0.4) is 0 Å². The van der Waals surface area contributed by atoms with Crippen molar-refractivity contribution in [1.29, 1.82) is 0 Å². The van der Waals surface area contributed by atoms with Gasteiger partial charge in [0.1, 0.15) is 11.5 Å². The van der Waals surface area contributed by atoms with E-state index in [0.29, 0.717) is 17.1 Å². The SMILES string of the molecule is Cc1ccc(NCCN(c2ccc3c(c2)Oc2ccccc2C32OC(=O)c3ccccc32)C(C)C)c(C)c1. The fourth-order valence-corrected chi connectivity index (χ4v) is 5.80. The van der Waals surface area contributed by atoms with E-state index in [1.165, 1.54) is 11.1 Å². The van der Waals surface area contributed by atoms with Crippen molar-refractivity contribution < 1.29 is 14.3 Å². The molecule has 0 aliphatic carbocycles. The molecule has 2 aliphatic heterocycles. The number of para-hydroxylation sites is 1. The minimum absolute atomic E-state index is 0.281. The third-order valence-electron chi connectivity index (χ3n) is 7.61. The van der Waals surface area contributed by atoms with Gasteiger partial charge < -0.3 is 19.7 Å². The number of benzene rings is 4. The Balaban J connectivity index is 1.36. The molecule has 1 unspecified atom stereocenters. The predicted molar refractivity (Wildman–Crippen MR) is 152 cm³/mol. The Labute approximate surface area is 224 Å². The lowest BCUT2D eigenvalue weighted by atomic mass is 9.77. The third kappa shape index (κ3) is 3.81. The molecular formula is C33H32N2O3. The third-order valence-corrected chi connectivity index (χ3v) is 7.61. The van der Waals surface area contributed by atoms with Gasteiger partial charge in [-0.1, -0.05) is 54.1 Å². The highest BCUT2D eigenvalue weighted by atomic mass is 16.6. The zero-order valence-electron chi connectivity index (χ0n) is 22.2. The highest BCUT2D eigenvalue weighted by Gasteiger charge is 2.53. The number of hydrogen-bond donors (Lipinski definition) is 1. The first-order chi connectivity index (χ1) is 18.4. The second-order valence-corrected chi connectivity index (χ2v) is 10.4. The molecular weight excluding hydrogens is 472 g/mol. The first kappa shape index (κ1) is 24.1. The molecule has 2 heterocycles. The number of fused-ring (bicyclic) bond motifs is 6. The molecule has 5 heteroatoms. The average Bonchev–Trinajstić information content (AvgIpc) is 3.20. The number of carbonyl (C=O) groups excluding carboxylic acids is 1. The highest BCUT2D eigenvalue weighted by molar-refractivity contribution is 5.97. The maximum Gasteiger partial charge on any atom is 0.340 e. The molecule has 0 aromatic heterocycles. The second kappa shape index (κ2) is 9.25. The summed E-state index contributed by atoms with van der Waals surface area (Å²) in [4.78, 5) is 15.4. The standard InChI is InChI=1S/C33H32N2O3/c1-21(2)35(18-17-34-29-16-13-22(3)19-23(29)4)24-14-15-28-31(20-24)37-30-12-8-7-11-27(30)33(28)26-10-6-5-9-25(26)32(36)38-33/h5-16,19-21,34H,17-18H2,1-4H3. The quantitative estimate of drug-likeness (QED) is 0.282. The molecule has 1 atom stereocenters. The molecule has 4 aromatic carbocycles. The number of hydrogen-bond acceptors (Lipinski definition) is 5. The summed E-state index contributed by atoms with van der Waals surface area (Å²) >= 11 is 0. The highest BCUT2D eigenvalue weighted by Crippen LogP contribution is 2.56. The number of aryl methyl sites for hydroxylation is 2. The van der Waals surface area contributed by atoms with Crippen LogP contribution in [0.15, 0.2) is 84.9 Å². The van der Waals surface area contributed by atoms with E-state index in [0.717, 1.165) is 41.2 Å². The Bertz CT molecular complexity index is 1540. The Hall–Kier alpha value is -4.25. The zero-order valence-corrected chi connectivity index (χ0v) is 22.2. The van der Waals surface area contributed by atoms with Gasteiger partial charge >= 0.3 is 5.97 Å². The van der Waals surface area contributed by atoms with E-state index in [4.69, 9.17) is 9.47 Å². The summed E-state index contributed by atoms with van der Waals surface area (Å²) < 4.78 is 12.7. The molecule has 0 saturated carbocycles. The van der Waals surface area contributed by atoms with Gasteiger partial charge in [-0.3, -0.25) is 0 Å². The van der Waals surface area contributed by atoms with Crippen LogP contribution in [0.25, 0.3) is 0 Å². The fraction of sp³-hybridized carbons (Fsp3) is 0.242. The molecule has 1 spiro atoms. The van der Waals surface area contributed by atoms with Crippen LogP contribution in [-0.4, -0.2) is 25.1 Å². The zero-order chi connectivity index (χ0) is 26.4. The lowest BCUT2D eigenvalue weighted by Crippen LogP contribution is -2.36. The molecule has 0 fully saturated rings. The van der Waals surface area contributed by atoms with Crippen molar-refractivity contribution in [3.8, 4) is 11.5 Å². The van der Waals surface area contributed by atoms with Gasteiger partial charge in [0, 0.05) is 53.3 Å². The van der Waals surface area contributed by atoms with Crippen molar-refractivity contribution in [2.45, 2.75) is 39.3 Å². The molecule has 4 aromatic rings. The Morgan fingerprint density at radius 2 is 1.58 bits per heavy atom. The van der Waals surface area contributed by atoms with Crippen LogP contribution >= 0.6 is 0 Å². The van der Waals surface area contributed by atoms with Crippen LogP contribution in [0.5, 0.6) is 11.5 Å². The average molecular weight is 505 g/mol. The Morgan fingerprint density at radius 1 is 0.842 bits per heavy atom. The predicted octanol–water partition coefficient (Wildman–Crippen LogP) is 7.20. The van der Waals surface area contributed by atoms with Gasteiger partial charge in [0.25, 0.3) is 0 Å². The summed E-state index contributed by atoms with van der Waals surface area (Å²) in [5.74, 6) is 1.10. The normalized spacial score (nSPS) is 16.9. The van der Waals surface area contributed by atoms with Gasteiger partial charge in [0.2, 0.25) is 0 Å². The van der Waals surface area contributed by atoms with Crippen molar-refractivity contribution >= 4 is 17.3 Å². The number of nitrogens with zero attached hydrogens (tertiary/aromatic N) is 1. The van der Waals surface area contributed by atoms with E-state index < -0.39 is 5.60 Å². The topological polar surface area (TPSA) is 50.8 Å². The summed E-state index contributed by atoms with van der Waals surface area (Å²) in [5, 5.41) is 3.60. The van der Waals surface area contributed by atoms with Gasteiger partial charge in [0.15, 0.2) is 5.60 Å². The van der Waals surface area contributed by atoms with E-state index in [9.17, 15) is 4.79 Å². The first-order valence-corrected chi connectivity index (χ1v) is 13.2.